The number of rotatable bonds is 1. The maximum absolute atomic E-state index is 13.5. The first-order valence-corrected chi connectivity index (χ1v) is 4.69. The van der Waals surface area contributed by atoms with Crippen molar-refractivity contribution in [2.24, 2.45) is 0 Å². The first kappa shape index (κ1) is 8.00. The number of aromatic nitrogens is 1. The lowest BCUT2D eigenvalue weighted by Gasteiger charge is -2.05. The summed E-state index contributed by atoms with van der Waals surface area (Å²) in [7, 11) is 0. The lowest BCUT2D eigenvalue weighted by molar-refractivity contribution is 0.153. The Morgan fingerprint density at radius 1 is 1.36 bits per heavy atom. The second kappa shape index (κ2) is 2.36. The van der Waals surface area contributed by atoms with Crippen LogP contribution in [-0.4, -0.2) is 10.1 Å². The molecule has 1 aliphatic rings. The third-order valence-electron chi connectivity index (χ3n) is 2.88. The molecule has 14 heavy (non-hydrogen) atoms. The number of nitrogens with one attached hydrogen (secondary N) is 1. The molecule has 0 unspecified atom stereocenters. The number of hydrogen-bond donors (Lipinski definition) is 2. The van der Waals surface area contributed by atoms with E-state index in [-0.39, 0.29) is 5.82 Å². The van der Waals surface area contributed by atoms with Crippen LogP contribution in [0.1, 0.15) is 18.4 Å². The first-order chi connectivity index (χ1) is 6.71. The number of halogens is 1. The number of aromatic amines is 1. The standard InChI is InChI=1S/C11H10FNO/c12-8-2-1-3-9-10(8)7(6-13-9)11(14)4-5-11/h1-3,6,13-14H,4-5H2. The lowest BCUT2D eigenvalue weighted by Crippen LogP contribution is -2.03. The molecule has 1 heterocycles. The zero-order valence-corrected chi connectivity index (χ0v) is 7.55. The number of hydrogen-bond acceptors (Lipinski definition) is 1. The Morgan fingerprint density at radius 2 is 2.14 bits per heavy atom. The molecule has 2 aromatic rings. The number of benzene rings is 1. The van der Waals surface area contributed by atoms with Gasteiger partial charge in [-0.1, -0.05) is 6.07 Å². The van der Waals surface area contributed by atoms with Crippen LogP contribution < -0.4 is 0 Å². The van der Waals surface area contributed by atoms with E-state index in [0.29, 0.717) is 10.9 Å². The molecule has 0 radical (unpaired) electrons. The predicted molar refractivity (Wildman–Crippen MR) is 51.4 cm³/mol. The molecule has 3 heteroatoms. The van der Waals surface area contributed by atoms with E-state index in [1.54, 1.807) is 12.3 Å². The Labute approximate surface area is 80.4 Å². The molecule has 1 aliphatic carbocycles. The fourth-order valence-electron chi connectivity index (χ4n) is 1.89. The average Bonchev–Trinajstić information content (AvgIpc) is 2.77. The summed E-state index contributed by atoms with van der Waals surface area (Å²) < 4.78 is 13.5. The highest BCUT2D eigenvalue weighted by Crippen LogP contribution is 2.48. The highest BCUT2D eigenvalue weighted by molar-refractivity contribution is 5.85. The second-order valence-electron chi connectivity index (χ2n) is 3.90. The van der Waals surface area contributed by atoms with Gasteiger partial charge in [-0.25, -0.2) is 4.39 Å². The van der Waals surface area contributed by atoms with Gasteiger partial charge in [-0.2, -0.15) is 0 Å². The van der Waals surface area contributed by atoms with Gasteiger partial charge in [-0.15, -0.1) is 0 Å². The van der Waals surface area contributed by atoms with Crippen LogP contribution in [0.5, 0.6) is 0 Å². The summed E-state index contributed by atoms with van der Waals surface area (Å²) in [6, 6.07) is 4.90. The quantitative estimate of drug-likeness (QED) is 0.712. The third-order valence-corrected chi connectivity index (χ3v) is 2.88. The molecule has 0 saturated heterocycles. The molecule has 0 amide bonds. The highest BCUT2D eigenvalue weighted by atomic mass is 19.1. The van der Waals surface area contributed by atoms with Gasteiger partial charge in [0.25, 0.3) is 0 Å². The minimum absolute atomic E-state index is 0.265. The molecule has 0 aliphatic heterocycles. The van der Waals surface area contributed by atoms with Crippen molar-refractivity contribution in [1.29, 1.82) is 0 Å². The zero-order valence-electron chi connectivity index (χ0n) is 7.55. The van der Waals surface area contributed by atoms with Crippen molar-refractivity contribution in [3.63, 3.8) is 0 Å². The van der Waals surface area contributed by atoms with Gasteiger partial charge in [0.1, 0.15) is 5.82 Å². The normalized spacial score (nSPS) is 18.7. The number of H-pyrrole nitrogens is 1. The fourth-order valence-corrected chi connectivity index (χ4v) is 1.89. The minimum Gasteiger partial charge on any atom is -0.385 e. The Kier molecular flexibility index (Phi) is 1.35. The predicted octanol–water partition coefficient (Wildman–Crippen LogP) is 2.29. The summed E-state index contributed by atoms with van der Waals surface area (Å²) in [6.07, 6.45) is 3.17. The molecule has 2 N–H and O–H groups in total. The smallest absolute Gasteiger partial charge is 0.132 e. The molecule has 0 spiro atoms. The van der Waals surface area contributed by atoms with Crippen LogP contribution in [0.25, 0.3) is 10.9 Å². The molecular weight excluding hydrogens is 181 g/mol. The fraction of sp³-hybridized carbons (Fsp3) is 0.273. The van der Waals surface area contributed by atoms with Crippen LogP contribution in [0.4, 0.5) is 4.39 Å². The van der Waals surface area contributed by atoms with Gasteiger partial charge in [-0.3, -0.25) is 0 Å². The summed E-state index contributed by atoms with van der Waals surface area (Å²) in [5.41, 5.74) is 0.673. The maximum atomic E-state index is 13.5. The summed E-state index contributed by atoms with van der Waals surface area (Å²) in [5, 5.41) is 10.5. The molecule has 1 fully saturated rings. The van der Waals surface area contributed by atoms with Crippen LogP contribution in [0.3, 0.4) is 0 Å². The molecule has 0 bridgehead atoms. The molecule has 1 aromatic carbocycles. The van der Waals surface area contributed by atoms with E-state index >= 15 is 0 Å². The molecule has 3 rings (SSSR count). The summed E-state index contributed by atoms with van der Waals surface area (Å²) >= 11 is 0. The van der Waals surface area contributed by atoms with E-state index in [2.05, 4.69) is 4.98 Å². The monoisotopic (exact) mass is 191 g/mol. The van der Waals surface area contributed by atoms with Crippen molar-refractivity contribution in [2.45, 2.75) is 18.4 Å². The SMILES string of the molecule is OC1(c2c[nH]c3cccc(F)c23)CC1. The van der Waals surface area contributed by atoms with Gasteiger partial charge in [0.05, 0.1) is 5.60 Å². The van der Waals surface area contributed by atoms with Crippen LogP contribution in [-0.2, 0) is 5.60 Å². The topological polar surface area (TPSA) is 36.0 Å². The third kappa shape index (κ3) is 0.930. The van der Waals surface area contributed by atoms with Gasteiger partial charge in [0, 0.05) is 22.7 Å². The Bertz CT molecular complexity index is 499. The molecule has 0 atom stereocenters. The van der Waals surface area contributed by atoms with E-state index in [4.69, 9.17) is 0 Å². The largest absolute Gasteiger partial charge is 0.385 e. The Balaban J connectivity index is 2.35. The van der Waals surface area contributed by atoms with Gasteiger partial charge in [0.15, 0.2) is 0 Å². The van der Waals surface area contributed by atoms with E-state index < -0.39 is 5.60 Å². The van der Waals surface area contributed by atoms with E-state index in [0.717, 1.165) is 18.4 Å². The second-order valence-corrected chi connectivity index (χ2v) is 3.90. The number of fused-ring (bicyclic) bond motifs is 1. The van der Waals surface area contributed by atoms with E-state index in [1.165, 1.54) is 6.07 Å². The maximum Gasteiger partial charge on any atom is 0.132 e. The zero-order chi connectivity index (χ0) is 9.76. The lowest BCUT2D eigenvalue weighted by atomic mass is 10.1. The minimum atomic E-state index is -0.777. The van der Waals surface area contributed by atoms with Crippen LogP contribution in [0, 0.1) is 5.82 Å². The first-order valence-electron chi connectivity index (χ1n) is 4.69. The van der Waals surface area contributed by atoms with Crippen LogP contribution >= 0.6 is 0 Å². The van der Waals surface area contributed by atoms with Gasteiger partial charge in [0.2, 0.25) is 0 Å². The van der Waals surface area contributed by atoms with Crippen molar-refractivity contribution < 1.29 is 9.50 Å². The Hall–Kier alpha value is -1.35. The van der Waals surface area contributed by atoms with Gasteiger partial charge in [-0.05, 0) is 25.0 Å². The molecule has 2 nitrogen and oxygen atoms in total. The van der Waals surface area contributed by atoms with Crippen molar-refractivity contribution >= 4 is 10.9 Å². The van der Waals surface area contributed by atoms with Crippen LogP contribution in [0.15, 0.2) is 24.4 Å². The van der Waals surface area contributed by atoms with Crippen LogP contribution in [0.2, 0.25) is 0 Å². The summed E-state index contributed by atoms with van der Waals surface area (Å²) in [5.74, 6) is -0.265. The molecular formula is C11H10FNO. The highest BCUT2D eigenvalue weighted by Gasteiger charge is 2.44. The van der Waals surface area contributed by atoms with Crippen molar-refractivity contribution in [1.82, 2.24) is 4.98 Å². The Morgan fingerprint density at radius 3 is 2.86 bits per heavy atom. The van der Waals surface area contributed by atoms with Gasteiger partial charge < -0.3 is 10.1 Å². The summed E-state index contributed by atoms with van der Waals surface area (Å²) in [4.78, 5) is 2.98. The summed E-state index contributed by atoms with van der Waals surface area (Å²) in [6.45, 7) is 0. The molecule has 1 aromatic heterocycles. The van der Waals surface area contributed by atoms with E-state index in [9.17, 15) is 9.50 Å². The van der Waals surface area contributed by atoms with Crippen molar-refractivity contribution in [3.8, 4) is 0 Å². The van der Waals surface area contributed by atoms with Crippen molar-refractivity contribution in [3.05, 3.63) is 35.8 Å². The van der Waals surface area contributed by atoms with Gasteiger partial charge >= 0.3 is 0 Å². The average molecular weight is 191 g/mol. The van der Waals surface area contributed by atoms with E-state index in [1.807, 2.05) is 6.07 Å². The van der Waals surface area contributed by atoms with Crippen molar-refractivity contribution in [2.75, 3.05) is 0 Å². The molecule has 72 valence electrons. The molecule has 1 saturated carbocycles. The number of aliphatic hydroxyl groups is 1.